The second kappa shape index (κ2) is 20.7. The van der Waals surface area contributed by atoms with E-state index in [0.29, 0.717) is 45.4 Å². The van der Waals surface area contributed by atoms with E-state index in [2.05, 4.69) is 15.0 Å². The van der Waals surface area contributed by atoms with Gasteiger partial charge in [0.1, 0.15) is 23.0 Å². The fourth-order valence-corrected chi connectivity index (χ4v) is 8.27. The summed E-state index contributed by atoms with van der Waals surface area (Å²) >= 11 is 0. The number of rotatable bonds is 10. The first-order chi connectivity index (χ1) is 34.7. The largest absolute Gasteiger partial charge is 0.449 e. The molecule has 17 nitrogen and oxygen atoms in total. The molecule has 0 atom stereocenters. The van der Waals surface area contributed by atoms with Crippen molar-refractivity contribution in [2.75, 3.05) is 11.5 Å². The summed E-state index contributed by atoms with van der Waals surface area (Å²) in [7, 11) is 0. The van der Waals surface area contributed by atoms with E-state index < -0.39 is 39.6 Å². The quantitative estimate of drug-likeness (QED) is 0.0561. The Labute approximate surface area is 429 Å². The van der Waals surface area contributed by atoms with E-state index in [1.807, 2.05) is 135 Å². The van der Waals surface area contributed by atoms with Gasteiger partial charge in [-0.3, -0.25) is 10.1 Å². The molecule has 4 N–H and O–H groups in total. The van der Waals surface area contributed by atoms with Crippen LogP contribution in [-0.2, 0) is 28.6 Å². The number of carbonyl (C=O) groups excluding carboxylic acids is 3. The van der Waals surface area contributed by atoms with E-state index in [1.54, 1.807) is 32.9 Å². The number of hydrogen-bond acceptors (Lipinski definition) is 16. The Hall–Kier alpha value is -8.86. The van der Waals surface area contributed by atoms with Crippen LogP contribution in [0.5, 0.6) is 17.6 Å². The van der Waals surface area contributed by atoms with Gasteiger partial charge in [-0.25, -0.2) is 29.3 Å². The van der Waals surface area contributed by atoms with Crippen LogP contribution in [0.25, 0.3) is 16.7 Å². The van der Waals surface area contributed by atoms with Crippen molar-refractivity contribution in [1.29, 1.82) is 0 Å². The lowest BCUT2D eigenvalue weighted by molar-refractivity contribution is -0.385. The van der Waals surface area contributed by atoms with Gasteiger partial charge in [0.05, 0.1) is 45.4 Å². The molecule has 0 radical (unpaired) electrons. The summed E-state index contributed by atoms with van der Waals surface area (Å²) in [5.74, 6) is -0.475. The number of nitro groups is 1. The lowest BCUT2D eigenvalue weighted by Gasteiger charge is -2.21. The third-order valence-electron chi connectivity index (χ3n) is 12.2. The predicted molar refractivity (Wildman–Crippen MR) is 279 cm³/mol. The number of aromatic nitrogens is 3. The van der Waals surface area contributed by atoms with Crippen molar-refractivity contribution in [3.8, 4) is 17.6 Å². The molecular formula is C57H58N6O11. The molecule has 6 heterocycles. The van der Waals surface area contributed by atoms with Crippen LogP contribution in [0.2, 0.25) is 0 Å². The standard InChI is InChI=1S/C19H18N2O5.2C19H20N2O3/c1-11-5-7-13(8-6-11)16-17(18(22)26-19(16,3)4)25-15-9-12(2)14(10-20-15)21(23)24;2*1-11-5-7-13(8-6-11)16-17(18(22)24-19(16,3)4)23-15-9-12(2)14(20)10-21-15/h5-10H,1-4H3;2*5-10H,20H2,1-4H3. The first kappa shape index (κ1) is 53.0. The summed E-state index contributed by atoms with van der Waals surface area (Å²) in [6, 6.07) is 28.3. The summed E-state index contributed by atoms with van der Waals surface area (Å²) in [5, 5.41) is 10.9. The minimum absolute atomic E-state index is 0.0413. The third-order valence-corrected chi connectivity index (χ3v) is 12.2. The second-order valence-electron chi connectivity index (χ2n) is 19.5. The van der Waals surface area contributed by atoms with Crippen LogP contribution in [0.15, 0.2) is 127 Å². The van der Waals surface area contributed by atoms with Gasteiger partial charge >= 0.3 is 17.9 Å². The fraction of sp³-hybridized carbons (Fsp3) is 0.263. The van der Waals surface area contributed by atoms with Crippen molar-refractivity contribution >= 4 is 51.7 Å². The molecule has 74 heavy (non-hydrogen) atoms. The Morgan fingerprint density at radius 1 is 0.459 bits per heavy atom. The van der Waals surface area contributed by atoms with Crippen LogP contribution in [0.3, 0.4) is 0 Å². The number of carbonyl (C=O) groups is 3. The lowest BCUT2D eigenvalue weighted by Crippen LogP contribution is -2.22. The monoisotopic (exact) mass is 1000 g/mol. The summed E-state index contributed by atoms with van der Waals surface area (Å²) < 4.78 is 33.7. The number of pyridine rings is 3. The number of hydrogen-bond donors (Lipinski definition) is 2. The Morgan fingerprint density at radius 3 is 0.986 bits per heavy atom. The van der Waals surface area contributed by atoms with Gasteiger partial charge in [0.2, 0.25) is 34.9 Å². The van der Waals surface area contributed by atoms with Crippen molar-refractivity contribution in [2.24, 2.45) is 0 Å². The third kappa shape index (κ3) is 11.6. The van der Waals surface area contributed by atoms with Gasteiger partial charge in [-0.2, -0.15) is 0 Å². The molecule has 9 rings (SSSR count). The number of anilines is 2. The van der Waals surface area contributed by atoms with Crippen molar-refractivity contribution < 1.29 is 47.7 Å². The van der Waals surface area contributed by atoms with Crippen molar-refractivity contribution in [1.82, 2.24) is 15.0 Å². The maximum Gasteiger partial charge on any atom is 0.375 e. The SMILES string of the molecule is Cc1ccc(C2=C(Oc3cc(C)c(N)cn3)C(=O)OC2(C)C)cc1.Cc1ccc(C2=C(Oc3cc(C)c(N)cn3)C(=O)OC2(C)C)cc1.Cc1ccc(C2=C(Oc3cc(C)c([N+](=O)[O-])cn3)C(=O)OC2(C)C)cc1. The molecule has 3 aliphatic heterocycles. The van der Waals surface area contributed by atoms with Crippen LogP contribution < -0.4 is 25.7 Å². The molecule has 0 bridgehead atoms. The number of nitrogens with zero attached hydrogens (tertiary/aromatic N) is 4. The average Bonchev–Trinajstić information content (AvgIpc) is 3.80. The van der Waals surface area contributed by atoms with E-state index in [0.717, 1.165) is 50.7 Å². The first-order valence-electron chi connectivity index (χ1n) is 23.5. The molecule has 17 heteroatoms. The molecule has 0 aliphatic carbocycles. The number of nitrogen functional groups attached to an aromatic ring is 2. The molecule has 0 saturated heterocycles. The maximum atomic E-state index is 12.4. The molecule has 0 amide bonds. The van der Waals surface area contributed by atoms with Gasteiger partial charge in [-0.1, -0.05) is 89.5 Å². The van der Waals surface area contributed by atoms with E-state index in [4.69, 9.17) is 39.9 Å². The molecule has 0 saturated carbocycles. The summed E-state index contributed by atoms with van der Waals surface area (Å²) in [5.41, 5.74) is 20.2. The number of ether oxygens (including phenoxy) is 6. The Kier molecular flexibility index (Phi) is 14.8. The van der Waals surface area contributed by atoms with Crippen molar-refractivity contribution in [3.05, 3.63) is 187 Å². The van der Waals surface area contributed by atoms with Gasteiger partial charge < -0.3 is 39.9 Å². The highest BCUT2D eigenvalue weighted by Gasteiger charge is 2.45. The molecule has 3 aromatic carbocycles. The van der Waals surface area contributed by atoms with Crippen LogP contribution in [-0.4, -0.2) is 54.6 Å². The lowest BCUT2D eigenvalue weighted by atomic mass is 9.91. The summed E-state index contributed by atoms with van der Waals surface area (Å²) in [6.45, 7) is 22.2. The number of nitrogens with two attached hydrogens (primary N) is 2. The van der Waals surface area contributed by atoms with Crippen LogP contribution in [0.4, 0.5) is 17.1 Å². The molecule has 3 aromatic heterocycles. The zero-order valence-electron chi connectivity index (χ0n) is 43.3. The van der Waals surface area contributed by atoms with E-state index >= 15 is 0 Å². The molecule has 3 aliphatic rings. The summed E-state index contributed by atoms with van der Waals surface area (Å²) in [6.07, 6.45) is 4.15. The van der Waals surface area contributed by atoms with Crippen molar-refractivity contribution in [3.63, 3.8) is 0 Å². The Bertz CT molecular complexity index is 3160. The second-order valence-corrected chi connectivity index (χ2v) is 19.5. The number of cyclic esters (lactones) is 3. The smallest absolute Gasteiger partial charge is 0.375 e. The number of esters is 3. The first-order valence-corrected chi connectivity index (χ1v) is 23.5. The van der Waals surface area contributed by atoms with Gasteiger partial charge in [-0.15, -0.1) is 0 Å². The van der Waals surface area contributed by atoms with Gasteiger partial charge in [0, 0.05) is 23.8 Å². The molecule has 0 unspecified atom stereocenters. The average molecular weight is 1000 g/mol. The fourth-order valence-electron chi connectivity index (χ4n) is 8.27. The molecule has 6 aromatic rings. The zero-order chi connectivity index (χ0) is 54.0. The van der Waals surface area contributed by atoms with Crippen LogP contribution >= 0.6 is 0 Å². The maximum absolute atomic E-state index is 12.4. The predicted octanol–water partition coefficient (Wildman–Crippen LogP) is 10.5. The number of aryl methyl sites for hydroxylation is 6. The molecular weight excluding hydrogens is 945 g/mol. The van der Waals surface area contributed by atoms with Gasteiger partial charge in [-0.05, 0) is 111 Å². The topological polar surface area (TPSA) is 240 Å². The summed E-state index contributed by atoms with van der Waals surface area (Å²) in [4.78, 5) is 59.7. The van der Waals surface area contributed by atoms with Gasteiger partial charge in [0.25, 0.3) is 5.69 Å². The van der Waals surface area contributed by atoms with Gasteiger partial charge in [0.15, 0.2) is 0 Å². The Balaban J connectivity index is 0.000000162. The van der Waals surface area contributed by atoms with E-state index in [9.17, 15) is 24.5 Å². The minimum atomic E-state index is -0.864. The van der Waals surface area contributed by atoms with E-state index in [-0.39, 0.29) is 28.8 Å². The van der Waals surface area contributed by atoms with E-state index in [1.165, 1.54) is 18.5 Å². The Morgan fingerprint density at radius 2 is 0.730 bits per heavy atom. The highest BCUT2D eigenvalue weighted by Crippen LogP contribution is 2.43. The zero-order valence-corrected chi connectivity index (χ0v) is 43.3. The van der Waals surface area contributed by atoms with Crippen LogP contribution in [0, 0.1) is 51.7 Å². The molecule has 382 valence electrons. The highest BCUT2D eigenvalue weighted by atomic mass is 16.6. The normalized spacial score (nSPS) is 16.1. The van der Waals surface area contributed by atoms with Crippen molar-refractivity contribution in [2.45, 2.75) is 99.9 Å². The van der Waals surface area contributed by atoms with Crippen LogP contribution in [0.1, 0.15) is 91.6 Å². The molecule has 0 fully saturated rings. The molecule has 0 spiro atoms. The minimum Gasteiger partial charge on any atom is -0.449 e. The highest BCUT2D eigenvalue weighted by molar-refractivity contribution is 6.04. The number of benzene rings is 3.